The monoisotopic (exact) mass is 167 g/mol. The van der Waals surface area contributed by atoms with E-state index in [0.717, 1.165) is 0 Å². The zero-order valence-electron chi connectivity index (χ0n) is 8.05. The summed E-state index contributed by atoms with van der Waals surface area (Å²) in [6, 6.07) is 0. The van der Waals surface area contributed by atoms with Crippen LogP contribution in [0.15, 0.2) is 11.6 Å². The first-order valence-electron chi connectivity index (χ1n) is 4.23. The molecule has 0 bridgehead atoms. The maximum atomic E-state index is 10.6. The third kappa shape index (κ3) is 1.38. The van der Waals surface area contributed by atoms with E-state index in [1.807, 2.05) is 33.8 Å². The Morgan fingerprint density at radius 2 is 1.92 bits per heavy atom. The quantitative estimate of drug-likeness (QED) is 0.575. The molecular weight excluding hydrogens is 152 g/mol. The molecule has 0 spiro atoms. The highest BCUT2D eigenvalue weighted by Crippen LogP contribution is 2.58. The van der Waals surface area contributed by atoms with Gasteiger partial charge < -0.3 is 9.90 Å². The molecule has 0 aromatic carbocycles. The molecule has 1 saturated carbocycles. The second-order valence-electron chi connectivity index (χ2n) is 4.39. The molecule has 1 aliphatic rings. The molecule has 0 amide bonds. The van der Waals surface area contributed by atoms with E-state index in [1.165, 1.54) is 5.57 Å². The van der Waals surface area contributed by atoms with Crippen molar-refractivity contribution < 1.29 is 9.90 Å². The predicted octanol–water partition coefficient (Wildman–Crippen LogP) is 0.975. The minimum Gasteiger partial charge on any atom is -0.550 e. The standard InChI is InChI=1S/C10H16O2/c1-6(2)5-7-8(9(11)12)10(7,3)4/h5,7-8H,1-4H3,(H,11,12)/p-1/t7-,8+/m0/s1. The number of aliphatic carboxylic acids is 1. The SMILES string of the molecule is CC(C)=C[C@H]1[C@H](C(=O)[O-])C1(C)C. The van der Waals surface area contributed by atoms with Crippen molar-refractivity contribution in [2.45, 2.75) is 27.7 Å². The van der Waals surface area contributed by atoms with Crippen LogP contribution in [0.2, 0.25) is 0 Å². The van der Waals surface area contributed by atoms with E-state index in [-0.39, 0.29) is 17.3 Å². The Hall–Kier alpha value is -0.790. The van der Waals surface area contributed by atoms with Gasteiger partial charge in [0, 0.05) is 11.9 Å². The van der Waals surface area contributed by atoms with E-state index in [1.54, 1.807) is 0 Å². The Balaban J connectivity index is 2.73. The summed E-state index contributed by atoms with van der Waals surface area (Å²) in [6.07, 6.45) is 2.03. The van der Waals surface area contributed by atoms with Crippen LogP contribution in [0.3, 0.4) is 0 Å². The topological polar surface area (TPSA) is 40.1 Å². The molecular formula is C10H15O2-. The number of rotatable bonds is 2. The fourth-order valence-corrected chi connectivity index (χ4v) is 1.80. The second-order valence-corrected chi connectivity index (χ2v) is 4.39. The van der Waals surface area contributed by atoms with Gasteiger partial charge in [0.25, 0.3) is 0 Å². The van der Waals surface area contributed by atoms with Gasteiger partial charge >= 0.3 is 0 Å². The lowest BCUT2D eigenvalue weighted by atomic mass is 10.1. The van der Waals surface area contributed by atoms with Gasteiger partial charge in [-0.1, -0.05) is 25.5 Å². The van der Waals surface area contributed by atoms with Crippen molar-refractivity contribution >= 4 is 5.97 Å². The molecule has 1 rings (SSSR count). The van der Waals surface area contributed by atoms with E-state index in [0.29, 0.717) is 0 Å². The van der Waals surface area contributed by atoms with Crippen LogP contribution in [0.5, 0.6) is 0 Å². The largest absolute Gasteiger partial charge is 0.550 e. The van der Waals surface area contributed by atoms with Gasteiger partial charge in [0.2, 0.25) is 0 Å². The van der Waals surface area contributed by atoms with Gasteiger partial charge in [0.05, 0.1) is 0 Å². The summed E-state index contributed by atoms with van der Waals surface area (Å²) in [5.41, 5.74) is 1.08. The van der Waals surface area contributed by atoms with E-state index in [9.17, 15) is 9.90 Å². The zero-order chi connectivity index (χ0) is 9.52. The molecule has 0 saturated heterocycles. The molecule has 0 aromatic rings. The summed E-state index contributed by atoms with van der Waals surface area (Å²) in [5.74, 6) is -1.03. The van der Waals surface area contributed by atoms with Gasteiger partial charge in [-0.3, -0.25) is 0 Å². The van der Waals surface area contributed by atoms with Crippen LogP contribution in [0.1, 0.15) is 27.7 Å². The number of carbonyl (C=O) groups excluding carboxylic acids is 1. The minimum absolute atomic E-state index is 0.101. The number of carboxylic acid groups (broad SMARTS) is 1. The highest BCUT2D eigenvalue weighted by molar-refractivity contribution is 5.74. The van der Waals surface area contributed by atoms with Crippen molar-refractivity contribution in [1.82, 2.24) is 0 Å². The normalized spacial score (nSPS) is 31.0. The lowest BCUT2D eigenvalue weighted by Crippen LogP contribution is -2.26. The summed E-state index contributed by atoms with van der Waals surface area (Å²) >= 11 is 0. The third-order valence-corrected chi connectivity index (χ3v) is 2.68. The predicted molar refractivity (Wildman–Crippen MR) is 45.2 cm³/mol. The minimum atomic E-state index is -0.914. The maximum absolute atomic E-state index is 10.6. The Morgan fingerprint density at radius 1 is 1.42 bits per heavy atom. The zero-order valence-corrected chi connectivity index (χ0v) is 8.05. The van der Waals surface area contributed by atoms with Crippen molar-refractivity contribution in [1.29, 1.82) is 0 Å². The molecule has 12 heavy (non-hydrogen) atoms. The summed E-state index contributed by atoms with van der Waals surface area (Å²) in [7, 11) is 0. The van der Waals surface area contributed by atoms with Gasteiger partial charge in [0.1, 0.15) is 0 Å². The van der Waals surface area contributed by atoms with Gasteiger partial charge in [0.15, 0.2) is 0 Å². The molecule has 0 aromatic heterocycles. The maximum Gasteiger partial charge on any atom is 0.0456 e. The first-order chi connectivity index (χ1) is 5.37. The van der Waals surface area contributed by atoms with Crippen LogP contribution >= 0.6 is 0 Å². The van der Waals surface area contributed by atoms with E-state index < -0.39 is 5.97 Å². The van der Waals surface area contributed by atoms with Crippen molar-refractivity contribution in [3.63, 3.8) is 0 Å². The number of carboxylic acids is 1. The van der Waals surface area contributed by atoms with Gasteiger partial charge in [-0.2, -0.15) is 0 Å². The van der Waals surface area contributed by atoms with E-state index >= 15 is 0 Å². The average Bonchev–Trinajstić information content (AvgIpc) is 2.32. The molecule has 0 heterocycles. The highest BCUT2D eigenvalue weighted by atomic mass is 16.4. The molecule has 1 fully saturated rings. The lowest BCUT2D eigenvalue weighted by molar-refractivity contribution is -0.308. The molecule has 1 aliphatic carbocycles. The van der Waals surface area contributed by atoms with Crippen molar-refractivity contribution in [3.8, 4) is 0 Å². The number of allylic oxidation sites excluding steroid dienone is 2. The molecule has 2 nitrogen and oxygen atoms in total. The molecule has 0 unspecified atom stereocenters. The summed E-state index contributed by atoms with van der Waals surface area (Å²) < 4.78 is 0. The fourth-order valence-electron chi connectivity index (χ4n) is 1.80. The van der Waals surface area contributed by atoms with Crippen LogP contribution in [0.4, 0.5) is 0 Å². The number of carbonyl (C=O) groups is 1. The van der Waals surface area contributed by atoms with E-state index in [4.69, 9.17) is 0 Å². The first-order valence-corrected chi connectivity index (χ1v) is 4.23. The number of hydrogen-bond acceptors (Lipinski definition) is 2. The van der Waals surface area contributed by atoms with Crippen molar-refractivity contribution in [2.24, 2.45) is 17.3 Å². The van der Waals surface area contributed by atoms with E-state index in [2.05, 4.69) is 0 Å². The molecule has 0 N–H and O–H groups in total. The van der Waals surface area contributed by atoms with Crippen molar-refractivity contribution in [3.05, 3.63) is 11.6 Å². The van der Waals surface area contributed by atoms with Crippen molar-refractivity contribution in [2.75, 3.05) is 0 Å². The van der Waals surface area contributed by atoms with Gasteiger partial charge in [-0.15, -0.1) is 0 Å². The lowest BCUT2D eigenvalue weighted by Gasteiger charge is -2.01. The summed E-state index contributed by atoms with van der Waals surface area (Å²) in [5, 5.41) is 10.6. The average molecular weight is 167 g/mol. The Morgan fingerprint density at radius 3 is 2.17 bits per heavy atom. The Labute approximate surface area is 73.3 Å². The fraction of sp³-hybridized carbons (Fsp3) is 0.700. The van der Waals surface area contributed by atoms with Crippen LogP contribution in [-0.4, -0.2) is 5.97 Å². The third-order valence-electron chi connectivity index (χ3n) is 2.68. The molecule has 0 aliphatic heterocycles. The van der Waals surface area contributed by atoms with Crippen LogP contribution < -0.4 is 5.11 Å². The molecule has 0 radical (unpaired) electrons. The second kappa shape index (κ2) is 2.61. The molecule has 2 heteroatoms. The van der Waals surface area contributed by atoms with Crippen LogP contribution in [0.25, 0.3) is 0 Å². The Kier molecular flexibility index (Phi) is 2.02. The van der Waals surface area contributed by atoms with Crippen LogP contribution in [0, 0.1) is 17.3 Å². The van der Waals surface area contributed by atoms with Crippen LogP contribution in [-0.2, 0) is 4.79 Å². The Bertz CT molecular complexity index is 234. The highest BCUT2D eigenvalue weighted by Gasteiger charge is 2.56. The summed E-state index contributed by atoms with van der Waals surface area (Å²) in [6.45, 7) is 7.91. The smallest absolute Gasteiger partial charge is 0.0456 e. The summed E-state index contributed by atoms with van der Waals surface area (Å²) in [4.78, 5) is 10.6. The first kappa shape index (κ1) is 9.30. The molecule has 2 atom stereocenters. The van der Waals surface area contributed by atoms with Gasteiger partial charge in [-0.25, -0.2) is 0 Å². The van der Waals surface area contributed by atoms with Gasteiger partial charge in [-0.05, 0) is 25.2 Å². The number of hydrogen-bond donors (Lipinski definition) is 0. The molecule has 68 valence electrons.